The fraction of sp³-hybridized carbons (Fsp3) is 0.100. The normalized spacial score (nSPS) is 10.4. The summed E-state index contributed by atoms with van der Waals surface area (Å²) in [6, 6.07) is 3.11. The van der Waals surface area contributed by atoms with Crippen molar-refractivity contribution in [3.05, 3.63) is 31.9 Å². The number of nitrogens with zero attached hydrogens (tertiary/aromatic N) is 3. The third-order valence-electron chi connectivity index (χ3n) is 1.93. The van der Waals surface area contributed by atoms with Gasteiger partial charge in [-0.1, -0.05) is 23.2 Å². The molecule has 5 nitrogen and oxygen atoms in total. The Hall–Kier alpha value is -0.820. The maximum atomic E-state index is 6.02. The van der Waals surface area contributed by atoms with E-state index in [2.05, 4.69) is 30.9 Å². The summed E-state index contributed by atoms with van der Waals surface area (Å²) in [5.41, 5.74) is 0. The minimum absolute atomic E-state index is 0.0364. The number of halogens is 4. The smallest absolute Gasteiger partial charge is 0.329 e. The van der Waals surface area contributed by atoms with Gasteiger partial charge >= 0.3 is 12.0 Å². The highest BCUT2D eigenvalue weighted by Gasteiger charge is 2.12. The first kappa shape index (κ1) is 14.6. The van der Waals surface area contributed by atoms with Gasteiger partial charge in [0.15, 0.2) is 5.75 Å². The number of hydrogen-bond donors (Lipinski definition) is 0. The molecule has 0 aliphatic carbocycles. The van der Waals surface area contributed by atoms with E-state index in [0.29, 0.717) is 20.3 Å². The molecule has 0 saturated carbocycles. The Kier molecular flexibility index (Phi) is 4.67. The molecule has 0 aliphatic rings. The summed E-state index contributed by atoms with van der Waals surface area (Å²) in [6.45, 7) is 0. The lowest BCUT2D eigenvalue weighted by atomic mass is 10.3. The van der Waals surface area contributed by atoms with E-state index in [1.54, 1.807) is 6.07 Å². The average molecular weight is 385 g/mol. The molecule has 0 amide bonds. The van der Waals surface area contributed by atoms with Gasteiger partial charge in [0.2, 0.25) is 5.28 Å². The number of hydrogen-bond acceptors (Lipinski definition) is 5. The SMILES string of the molecule is COc1nc(Cl)nc(Oc2cc(Cl)c(Br)cc2Cl)n1. The van der Waals surface area contributed by atoms with Crippen molar-refractivity contribution in [1.29, 1.82) is 0 Å². The third kappa shape index (κ3) is 3.60. The van der Waals surface area contributed by atoms with Crippen LogP contribution in [0.1, 0.15) is 0 Å². The molecule has 0 fully saturated rings. The Labute approximate surface area is 132 Å². The van der Waals surface area contributed by atoms with Crippen LogP contribution in [0.3, 0.4) is 0 Å². The average Bonchev–Trinajstić information content (AvgIpc) is 2.35. The van der Waals surface area contributed by atoms with Crippen molar-refractivity contribution < 1.29 is 9.47 Å². The molecule has 0 saturated heterocycles. The first-order valence-electron chi connectivity index (χ1n) is 4.77. The molecule has 2 rings (SSSR count). The van der Waals surface area contributed by atoms with Crippen LogP contribution >= 0.6 is 50.7 Å². The molecule has 1 heterocycles. The van der Waals surface area contributed by atoms with Gasteiger partial charge in [-0.05, 0) is 33.6 Å². The van der Waals surface area contributed by atoms with Crippen molar-refractivity contribution in [2.45, 2.75) is 0 Å². The first-order valence-corrected chi connectivity index (χ1v) is 6.70. The Morgan fingerprint density at radius 1 is 1.00 bits per heavy atom. The lowest BCUT2D eigenvalue weighted by Crippen LogP contribution is -1.99. The van der Waals surface area contributed by atoms with Crippen LogP contribution < -0.4 is 9.47 Å². The second-order valence-corrected chi connectivity index (χ2v) is 5.18. The van der Waals surface area contributed by atoms with Gasteiger partial charge in [0.05, 0.1) is 17.2 Å². The standard InChI is InChI=1S/C10H5BrCl3N3O2/c1-18-9-15-8(14)16-10(17-9)19-7-3-5(12)4(11)2-6(7)13/h2-3H,1H3. The molecule has 1 aromatic carbocycles. The zero-order valence-corrected chi connectivity index (χ0v) is 13.2. The maximum Gasteiger partial charge on any atom is 0.329 e. The van der Waals surface area contributed by atoms with Gasteiger partial charge < -0.3 is 9.47 Å². The van der Waals surface area contributed by atoms with E-state index in [0.717, 1.165) is 0 Å². The summed E-state index contributed by atoms with van der Waals surface area (Å²) < 4.78 is 10.9. The van der Waals surface area contributed by atoms with Gasteiger partial charge in [0.1, 0.15) is 0 Å². The highest BCUT2D eigenvalue weighted by atomic mass is 79.9. The van der Waals surface area contributed by atoms with Crippen LogP contribution in [0, 0.1) is 0 Å². The number of aromatic nitrogens is 3. The van der Waals surface area contributed by atoms with Gasteiger partial charge in [-0.25, -0.2) is 0 Å². The summed E-state index contributed by atoms with van der Waals surface area (Å²) in [5.74, 6) is 0.291. The minimum Gasteiger partial charge on any atom is -0.467 e. The highest BCUT2D eigenvalue weighted by molar-refractivity contribution is 9.10. The zero-order valence-electron chi connectivity index (χ0n) is 9.32. The molecule has 0 radical (unpaired) electrons. The number of ether oxygens (including phenoxy) is 2. The van der Waals surface area contributed by atoms with Crippen molar-refractivity contribution in [2.24, 2.45) is 0 Å². The summed E-state index contributed by atoms with van der Waals surface area (Å²) in [7, 11) is 1.40. The quantitative estimate of drug-likeness (QED) is 0.733. The predicted molar refractivity (Wildman–Crippen MR) is 75.6 cm³/mol. The van der Waals surface area contributed by atoms with E-state index >= 15 is 0 Å². The Bertz CT molecular complexity index is 627. The monoisotopic (exact) mass is 383 g/mol. The summed E-state index contributed by atoms with van der Waals surface area (Å²) in [5, 5.41) is 0.722. The summed E-state index contributed by atoms with van der Waals surface area (Å²) >= 11 is 20.9. The van der Waals surface area contributed by atoms with Gasteiger partial charge in [-0.3, -0.25) is 0 Å². The van der Waals surface area contributed by atoms with E-state index in [4.69, 9.17) is 44.3 Å². The van der Waals surface area contributed by atoms with Crippen molar-refractivity contribution in [1.82, 2.24) is 15.0 Å². The van der Waals surface area contributed by atoms with E-state index in [1.807, 2.05) is 0 Å². The van der Waals surface area contributed by atoms with Crippen LogP contribution in [0.4, 0.5) is 0 Å². The maximum absolute atomic E-state index is 6.02. The molecule has 100 valence electrons. The number of benzene rings is 1. The topological polar surface area (TPSA) is 57.1 Å². The minimum atomic E-state index is -0.0545. The largest absolute Gasteiger partial charge is 0.467 e. The Balaban J connectivity index is 2.36. The van der Waals surface area contributed by atoms with Crippen LogP contribution in [0.2, 0.25) is 15.3 Å². The molecule has 0 bridgehead atoms. The molecule has 2 aromatic rings. The second-order valence-electron chi connectivity index (χ2n) is 3.17. The fourth-order valence-electron chi connectivity index (χ4n) is 1.13. The molecule has 0 atom stereocenters. The second kappa shape index (κ2) is 6.09. The molecule has 0 aliphatic heterocycles. The number of methoxy groups -OCH3 is 1. The molecule has 0 unspecified atom stereocenters. The lowest BCUT2D eigenvalue weighted by molar-refractivity contribution is 0.359. The van der Waals surface area contributed by atoms with E-state index in [1.165, 1.54) is 13.2 Å². The fourth-order valence-corrected chi connectivity index (χ4v) is 2.11. The van der Waals surface area contributed by atoms with E-state index < -0.39 is 0 Å². The van der Waals surface area contributed by atoms with Gasteiger partial charge in [-0.15, -0.1) is 4.98 Å². The van der Waals surface area contributed by atoms with Gasteiger partial charge in [0.25, 0.3) is 0 Å². The number of rotatable bonds is 3. The predicted octanol–water partition coefficient (Wildman–Crippen LogP) is 4.40. The van der Waals surface area contributed by atoms with Crippen LogP contribution in [-0.2, 0) is 0 Å². The lowest BCUT2D eigenvalue weighted by Gasteiger charge is -2.08. The molecular weight excluding hydrogens is 380 g/mol. The van der Waals surface area contributed by atoms with Crippen molar-refractivity contribution in [3.8, 4) is 17.8 Å². The van der Waals surface area contributed by atoms with Gasteiger partial charge in [0, 0.05) is 10.5 Å². The molecule has 19 heavy (non-hydrogen) atoms. The first-order chi connectivity index (χ1) is 8.99. The Morgan fingerprint density at radius 3 is 2.37 bits per heavy atom. The van der Waals surface area contributed by atoms with Crippen LogP contribution in [0.5, 0.6) is 17.8 Å². The molecular formula is C10H5BrCl3N3O2. The Morgan fingerprint density at radius 2 is 1.68 bits per heavy atom. The summed E-state index contributed by atoms with van der Waals surface area (Å²) in [6.07, 6.45) is 0. The molecule has 9 heteroatoms. The summed E-state index contributed by atoms with van der Waals surface area (Å²) in [4.78, 5) is 11.4. The third-order valence-corrected chi connectivity index (χ3v) is 3.59. The molecule has 0 N–H and O–H groups in total. The van der Waals surface area contributed by atoms with Crippen LogP contribution in [0.25, 0.3) is 0 Å². The van der Waals surface area contributed by atoms with Gasteiger partial charge in [-0.2, -0.15) is 9.97 Å². The van der Waals surface area contributed by atoms with Crippen molar-refractivity contribution >= 4 is 50.7 Å². The zero-order chi connectivity index (χ0) is 14.0. The van der Waals surface area contributed by atoms with Crippen molar-refractivity contribution in [2.75, 3.05) is 7.11 Å². The molecule has 1 aromatic heterocycles. The van der Waals surface area contributed by atoms with Crippen LogP contribution in [-0.4, -0.2) is 22.1 Å². The highest BCUT2D eigenvalue weighted by Crippen LogP contribution is 2.36. The van der Waals surface area contributed by atoms with Crippen LogP contribution in [0.15, 0.2) is 16.6 Å². The van der Waals surface area contributed by atoms with E-state index in [9.17, 15) is 0 Å². The van der Waals surface area contributed by atoms with Crippen molar-refractivity contribution in [3.63, 3.8) is 0 Å². The van der Waals surface area contributed by atoms with E-state index in [-0.39, 0.29) is 17.3 Å². The molecule has 0 spiro atoms.